The molecule has 0 bridgehead atoms. The molecule has 0 amide bonds. The fourth-order valence-electron chi connectivity index (χ4n) is 1.04. The fourth-order valence-corrected chi connectivity index (χ4v) is 2.97. The highest BCUT2D eigenvalue weighted by Gasteiger charge is 2.09. The summed E-state index contributed by atoms with van der Waals surface area (Å²) in [5, 5.41) is 3.95. The summed E-state index contributed by atoms with van der Waals surface area (Å²) in [6.07, 6.45) is -0.917. The highest BCUT2D eigenvalue weighted by Crippen LogP contribution is 2.27. The summed E-state index contributed by atoms with van der Waals surface area (Å²) in [6.45, 7) is 5.54. The Balaban J connectivity index is 2.51. The Bertz CT molecular complexity index is 497. The van der Waals surface area contributed by atoms with Gasteiger partial charge in [-0.15, -0.1) is 11.3 Å². The quantitative estimate of drug-likeness (QED) is 0.408. The third kappa shape index (κ3) is 5.96. The van der Waals surface area contributed by atoms with Crippen LogP contribution in [0.15, 0.2) is 27.6 Å². The van der Waals surface area contributed by atoms with Crippen LogP contribution in [-0.2, 0) is 4.84 Å². The van der Waals surface area contributed by atoms with Gasteiger partial charge in [-0.1, -0.05) is 16.9 Å². The minimum absolute atomic E-state index is 0.00271. The number of nitrogens with zero attached hydrogens (tertiary/aromatic N) is 2. The monoisotopic (exact) mass is 324 g/mol. The number of thioether (sulfide) groups is 1. The second-order valence-electron chi connectivity index (χ2n) is 4.09. The standard InChI is InChI=1S/C12H15F3N2OS2/c1-7(2)18-17-8(3)10-6-16-12(20-10)19-5-4-9(13)11(14)15/h6-7H,4-5H2,1-3H3/b17-8-. The van der Waals surface area contributed by atoms with Crippen LogP contribution in [0.2, 0.25) is 0 Å². The van der Waals surface area contributed by atoms with Crippen molar-refractivity contribution >= 4 is 28.8 Å². The van der Waals surface area contributed by atoms with Crippen molar-refractivity contribution in [2.75, 3.05) is 5.75 Å². The topological polar surface area (TPSA) is 34.5 Å². The molecule has 8 heteroatoms. The molecule has 0 fully saturated rings. The molecule has 1 aromatic rings. The predicted octanol–water partition coefficient (Wildman–Crippen LogP) is 4.85. The largest absolute Gasteiger partial charge is 0.393 e. The Labute approximate surface area is 123 Å². The Kier molecular flexibility index (Phi) is 7.08. The van der Waals surface area contributed by atoms with Gasteiger partial charge in [0.2, 0.25) is 0 Å². The first-order valence-electron chi connectivity index (χ1n) is 5.89. The maximum atomic E-state index is 12.6. The van der Waals surface area contributed by atoms with Crippen LogP contribution in [0.25, 0.3) is 0 Å². The average molecular weight is 324 g/mol. The van der Waals surface area contributed by atoms with Gasteiger partial charge in [-0.25, -0.2) is 9.37 Å². The average Bonchev–Trinajstić information content (AvgIpc) is 2.84. The Hall–Kier alpha value is -1.02. The lowest BCUT2D eigenvalue weighted by molar-refractivity contribution is 0.0860. The molecule has 0 aromatic carbocycles. The van der Waals surface area contributed by atoms with E-state index in [0.717, 1.165) is 4.88 Å². The van der Waals surface area contributed by atoms with Crippen LogP contribution >= 0.6 is 23.1 Å². The molecule has 1 aromatic heterocycles. The molecule has 0 atom stereocenters. The molecule has 0 aliphatic carbocycles. The third-order valence-electron chi connectivity index (χ3n) is 1.99. The van der Waals surface area contributed by atoms with Gasteiger partial charge in [0.15, 0.2) is 5.83 Å². The van der Waals surface area contributed by atoms with Crippen molar-refractivity contribution in [2.45, 2.75) is 37.6 Å². The number of halogens is 3. The molecular formula is C12H15F3N2OS2. The van der Waals surface area contributed by atoms with Gasteiger partial charge in [0.25, 0.3) is 0 Å². The zero-order valence-electron chi connectivity index (χ0n) is 11.3. The van der Waals surface area contributed by atoms with E-state index in [1.807, 2.05) is 13.8 Å². The number of hydrogen-bond donors (Lipinski definition) is 0. The number of oxime groups is 1. The van der Waals surface area contributed by atoms with E-state index in [1.165, 1.54) is 23.1 Å². The molecule has 0 aliphatic rings. The van der Waals surface area contributed by atoms with Crippen molar-refractivity contribution in [2.24, 2.45) is 5.16 Å². The second kappa shape index (κ2) is 8.31. The Morgan fingerprint density at radius 3 is 2.75 bits per heavy atom. The number of rotatable bonds is 7. The van der Waals surface area contributed by atoms with Crippen LogP contribution in [0, 0.1) is 0 Å². The first-order valence-corrected chi connectivity index (χ1v) is 7.69. The summed E-state index contributed by atoms with van der Waals surface area (Å²) in [4.78, 5) is 10.1. The normalized spacial score (nSPS) is 11.8. The minimum atomic E-state index is -2.25. The SMILES string of the molecule is C/C(=N/OC(C)C)c1cnc(SCCC(F)=C(F)F)s1. The second-order valence-corrected chi connectivity index (χ2v) is 6.46. The van der Waals surface area contributed by atoms with E-state index in [2.05, 4.69) is 10.1 Å². The van der Waals surface area contributed by atoms with Gasteiger partial charge in [0, 0.05) is 18.4 Å². The van der Waals surface area contributed by atoms with E-state index < -0.39 is 11.9 Å². The van der Waals surface area contributed by atoms with Crippen LogP contribution in [-0.4, -0.2) is 22.6 Å². The zero-order chi connectivity index (χ0) is 15.1. The zero-order valence-corrected chi connectivity index (χ0v) is 13.0. The van der Waals surface area contributed by atoms with E-state index in [9.17, 15) is 13.2 Å². The van der Waals surface area contributed by atoms with Gasteiger partial charge < -0.3 is 4.84 Å². The first-order chi connectivity index (χ1) is 9.40. The van der Waals surface area contributed by atoms with Crippen molar-refractivity contribution < 1.29 is 18.0 Å². The van der Waals surface area contributed by atoms with Crippen molar-refractivity contribution in [3.05, 3.63) is 23.0 Å². The summed E-state index contributed by atoms with van der Waals surface area (Å²) in [5.41, 5.74) is 0.698. The molecule has 3 nitrogen and oxygen atoms in total. The van der Waals surface area contributed by atoms with E-state index in [-0.39, 0.29) is 18.3 Å². The molecule has 0 saturated carbocycles. The molecule has 0 saturated heterocycles. The highest BCUT2D eigenvalue weighted by molar-refractivity contribution is 8.01. The molecule has 0 spiro atoms. The molecule has 0 aliphatic heterocycles. The summed E-state index contributed by atoms with van der Waals surface area (Å²) in [7, 11) is 0. The fraction of sp³-hybridized carbons (Fsp3) is 0.500. The maximum absolute atomic E-state index is 12.6. The lowest BCUT2D eigenvalue weighted by atomic mass is 10.4. The predicted molar refractivity (Wildman–Crippen MR) is 76.2 cm³/mol. The summed E-state index contributed by atoms with van der Waals surface area (Å²) >= 11 is 2.60. The highest BCUT2D eigenvalue weighted by atomic mass is 32.2. The number of hydrogen-bond acceptors (Lipinski definition) is 5. The van der Waals surface area contributed by atoms with E-state index in [0.29, 0.717) is 10.1 Å². The molecule has 20 heavy (non-hydrogen) atoms. The smallest absolute Gasteiger partial charge is 0.301 e. The van der Waals surface area contributed by atoms with Gasteiger partial charge >= 0.3 is 6.08 Å². The van der Waals surface area contributed by atoms with Crippen LogP contribution in [0.3, 0.4) is 0 Å². The molecule has 1 rings (SSSR count). The first kappa shape index (κ1) is 17.0. The number of aromatic nitrogens is 1. The molecule has 0 N–H and O–H groups in total. The Morgan fingerprint density at radius 2 is 2.15 bits per heavy atom. The third-order valence-corrected chi connectivity index (χ3v) is 4.26. The van der Waals surface area contributed by atoms with Crippen molar-refractivity contribution in [3.63, 3.8) is 0 Å². The maximum Gasteiger partial charge on any atom is 0.301 e. The van der Waals surface area contributed by atoms with E-state index in [4.69, 9.17) is 4.84 Å². The Morgan fingerprint density at radius 1 is 1.45 bits per heavy atom. The molecule has 0 unspecified atom stereocenters. The van der Waals surface area contributed by atoms with Crippen LogP contribution in [0.1, 0.15) is 32.1 Å². The van der Waals surface area contributed by atoms with Crippen LogP contribution < -0.4 is 0 Å². The molecule has 1 heterocycles. The van der Waals surface area contributed by atoms with Crippen molar-refractivity contribution in [1.82, 2.24) is 4.98 Å². The summed E-state index contributed by atoms with van der Waals surface area (Å²) in [5.74, 6) is -1.15. The van der Waals surface area contributed by atoms with Crippen LogP contribution in [0.4, 0.5) is 13.2 Å². The van der Waals surface area contributed by atoms with Crippen molar-refractivity contribution in [1.29, 1.82) is 0 Å². The number of allylic oxidation sites excluding steroid dienone is 1. The van der Waals surface area contributed by atoms with E-state index in [1.54, 1.807) is 13.1 Å². The lowest BCUT2D eigenvalue weighted by Crippen LogP contribution is -1.99. The van der Waals surface area contributed by atoms with Gasteiger partial charge in [-0.2, -0.15) is 8.78 Å². The lowest BCUT2D eigenvalue weighted by Gasteiger charge is -2.02. The molecular weight excluding hydrogens is 309 g/mol. The van der Waals surface area contributed by atoms with Gasteiger partial charge in [-0.3, -0.25) is 0 Å². The van der Waals surface area contributed by atoms with Crippen LogP contribution in [0.5, 0.6) is 0 Å². The summed E-state index contributed by atoms with van der Waals surface area (Å²) in [6, 6.07) is 0. The minimum Gasteiger partial charge on any atom is -0.393 e. The van der Waals surface area contributed by atoms with Gasteiger partial charge in [0.1, 0.15) is 10.4 Å². The van der Waals surface area contributed by atoms with Gasteiger partial charge in [0.05, 0.1) is 10.6 Å². The summed E-state index contributed by atoms with van der Waals surface area (Å²) < 4.78 is 37.0. The van der Waals surface area contributed by atoms with Crippen molar-refractivity contribution in [3.8, 4) is 0 Å². The molecule has 0 radical (unpaired) electrons. The molecule has 112 valence electrons. The van der Waals surface area contributed by atoms with E-state index >= 15 is 0 Å². The number of thiazole rings is 1. The van der Waals surface area contributed by atoms with Gasteiger partial charge in [-0.05, 0) is 20.8 Å².